The number of carboxylic acids is 1. The van der Waals surface area contributed by atoms with Crippen molar-refractivity contribution < 1.29 is 14.7 Å². The maximum atomic E-state index is 11.2. The van der Waals surface area contributed by atoms with E-state index in [4.69, 9.17) is 5.11 Å². The number of hydrogen-bond donors (Lipinski definition) is 2. The molecular formula is C21H41NO3. The molecule has 0 radical (unpaired) electrons. The molecule has 0 aromatic rings. The van der Waals surface area contributed by atoms with Gasteiger partial charge in [0, 0.05) is 6.42 Å². The molecule has 0 rings (SSSR count). The predicted octanol–water partition coefficient (Wildman–Crippen LogP) is 5.64. The third-order valence-corrected chi connectivity index (χ3v) is 4.07. The minimum absolute atomic E-state index is 0.143. The summed E-state index contributed by atoms with van der Waals surface area (Å²) in [5.41, 5.74) is 4.50. The van der Waals surface area contributed by atoms with Crippen LogP contribution in [0.2, 0.25) is 0 Å². The standard InChI is InChI=1S/C20H36O3.CH5N/c1-2-3-4-5-6-7-8-9-10-11-12-13-14-15-16-17-19(21)18-20(22)23;1-2/h9-10H,2-8,11-18H2,1H3,(H,22,23);2H2,1H3/b10-9-;. The molecule has 0 heterocycles. The fraction of sp³-hybridized carbons (Fsp3) is 0.810. The first kappa shape index (κ1) is 26.1. The number of hydrogen-bond acceptors (Lipinski definition) is 3. The van der Waals surface area contributed by atoms with Crippen molar-refractivity contribution in [2.24, 2.45) is 5.73 Å². The molecule has 148 valence electrons. The largest absolute Gasteiger partial charge is 0.481 e. The molecule has 0 aromatic carbocycles. The van der Waals surface area contributed by atoms with Crippen molar-refractivity contribution in [3.8, 4) is 0 Å². The Morgan fingerprint density at radius 3 is 1.68 bits per heavy atom. The van der Waals surface area contributed by atoms with E-state index in [1.54, 1.807) is 0 Å². The topological polar surface area (TPSA) is 80.4 Å². The summed E-state index contributed by atoms with van der Waals surface area (Å²) in [6, 6.07) is 0. The molecule has 0 unspecified atom stereocenters. The van der Waals surface area contributed by atoms with Gasteiger partial charge in [0.15, 0.2) is 0 Å². The van der Waals surface area contributed by atoms with Crippen LogP contribution < -0.4 is 5.73 Å². The number of carbonyl (C=O) groups excluding carboxylic acids is 1. The van der Waals surface area contributed by atoms with Gasteiger partial charge in [0.25, 0.3) is 0 Å². The van der Waals surface area contributed by atoms with Crippen LogP contribution in [0.25, 0.3) is 0 Å². The van der Waals surface area contributed by atoms with Crippen LogP contribution in [-0.2, 0) is 9.59 Å². The Morgan fingerprint density at radius 2 is 1.20 bits per heavy atom. The highest BCUT2D eigenvalue weighted by atomic mass is 16.4. The molecule has 0 aliphatic rings. The van der Waals surface area contributed by atoms with E-state index in [1.165, 1.54) is 64.8 Å². The van der Waals surface area contributed by atoms with Crippen LogP contribution in [-0.4, -0.2) is 23.9 Å². The lowest BCUT2D eigenvalue weighted by Gasteiger charge is -2.00. The molecule has 0 fully saturated rings. The van der Waals surface area contributed by atoms with Gasteiger partial charge in [-0.05, 0) is 39.2 Å². The number of carboxylic acid groups (broad SMARTS) is 1. The van der Waals surface area contributed by atoms with E-state index in [-0.39, 0.29) is 12.2 Å². The number of carbonyl (C=O) groups is 2. The minimum atomic E-state index is -1.01. The van der Waals surface area contributed by atoms with E-state index >= 15 is 0 Å². The smallest absolute Gasteiger partial charge is 0.310 e. The minimum Gasteiger partial charge on any atom is -0.481 e. The van der Waals surface area contributed by atoms with Crippen LogP contribution >= 0.6 is 0 Å². The summed E-state index contributed by atoms with van der Waals surface area (Å²) in [7, 11) is 1.50. The van der Waals surface area contributed by atoms with E-state index in [0.29, 0.717) is 6.42 Å². The number of nitrogens with two attached hydrogens (primary N) is 1. The molecule has 4 heteroatoms. The van der Waals surface area contributed by atoms with E-state index in [2.05, 4.69) is 24.8 Å². The summed E-state index contributed by atoms with van der Waals surface area (Å²) < 4.78 is 0. The summed E-state index contributed by atoms with van der Waals surface area (Å²) in [6.07, 6.45) is 20.7. The van der Waals surface area contributed by atoms with Crippen molar-refractivity contribution in [3.05, 3.63) is 12.2 Å². The van der Waals surface area contributed by atoms with Crippen LogP contribution in [0.4, 0.5) is 0 Å². The number of ketones is 1. The van der Waals surface area contributed by atoms with Gasteiger partial charge < -0.3 is 10.8 Å². The molecule has 3 N–H and O–H groups in total. The van der Waals surface area contributed by atoms with E-state index < -0.39 is 5.97 Å². The Balaban J connectivity index is 0. The molecule has 0 atom stereocenters. The monoisotopic (exact) mass is 355 g/mol. The Kier molecular flexibility index (Phi) is 23.8. The van der Waals surface area contributed by atoms with Crippen molar-refractivity contribution in [3.63, 3.8) is 0 Å². The lowest BCUT2D eigenvalue weighted by atomic mass is 10.1. The van der Waals surface area contributed by atoms with Crippen LogP contribution in [0.3, 0.4) is 0 Å². The quantitative estimate of drug-likeness (QED) is 0.201. The van der Waals surface area contributed by atoms with Crippen LogP contribution in [0, 0.1) is 0 Å². The molecule has 0 aliphatic carbocycles. The van der Waals surface area contributed by atoms with Crippen LogP contribution in [0.15, 0.2) is 12.2 Å². The number of Topliss-reactive ketones (excluding diaryl/α,β-unsaturated/α-hetero) is 1. The van der Waals surface area contributed by atoms with Gasteiger partial charge in [-0.25, -0.2) is 0 Å². The normalized spacial score (nSPS) is 10.5. The zero-order valence-corrected chi connectivity index (χ0v) is 16.6. The molecule has 0 saturated carbocycles. The average molecular weight is 356 g/mol. The fourth-order valence-corrected chi connectivity index (χ4v) is 2.65. The van der Waals surface area contributed by atoms with Crippen molar-refractivity contribution in [1.29, 1.82) is 0 Å². The van der Waals surface area contributed by atoms with Crippen molar-refractivity contribution in [2.45, 2.75) is 103 Å². The average Bonchev–Trinajstić information content (AvgIpc) is 2.59. The molecule has 0 aromatic heterocycles. The first-order valence-electron chi connectivity index (χ1n) is 10.1. The second kappa shape index (κ2) is 22.8. The molecule has 0 aliphatic heterocycles. The van der Waals surface area contributed by atoms with Gasteiger partial charge in [0.2, 0.25) is 0 Å². The molecular weight excluding hydrogens is 314 g/mol. The number of unbranched alkanes of at least 4 members (excludes halogenated alkanes) is 11. The Hall–Kier alpha value is -1.16. The predicted molar refractivity (Wildman–Crippen MR) is 107 cm³/mol. The second-order valence-electron chi connectivity index (χ2n) is 6.44. The fourth-order valence-electron chi connectivity index (χ4n) is 2.65. The number of rotatable bonds is 17. The molecule has 0 spiro atoms. The van der Waals surface area contributed by atoms with E-state index in [0.717, 1.165) is 25.7 Å². The maximum absolute atomic E-state index is 11.2. The zero-order valence-electron chi connectivity index (χ0n) is 16.6. The van der Waals surface area contributed by atoms with Gasteiger partial charge in [-0.15, -0.1) is 0 Å². The maximum Gasteiger partial charge on any atom is 0.310 e. The van der Waals surface area contributed by atoms with Crippen molar-refractivity contribution in [2.75, 3.05) is 7.05 Å². The van der Waals surface area contributed by atoms with E-state index in [9.17, 15) is 9.59 Å². The highest BCUT2D eigenvalue weighted by Crippen LogP contribution is 2.10. The molecule has 0 amide bonds. The highest BCUT2D eigenvalue weighted by molar-refractivity contribution is 5.94. The summed E-state index contributed by atoms with van der Waals surface area (Å²) in [4.78, 5) is 21.5. The van der Waals surface area contributed by atoms with E-state index in [1.807, 2.05) is 0 Å². The van der Waals surface area contributed by atoms with Gasteiger partial charge in [0.1, 0.15) is 12.2 Å². The third-order valence-electron chi connectivity index (χ3n) is 4.07. The van der Waals surface area contributed by atoms with Gasteiger partial charge >= 0.3 is 5.97 Å². The summed E-state index contributed by atoms with van der Waals surface area (Å²) in [5.74, 6) is -1.15. The Bertz CT molecular complexity index is 327. The third kappa shape index (κ3) is 25.2. The van der Waals surface area contributed by atoms with Gasteiger partial charge in [0.05, 0.1) is 0 Å². The Morgan fingerprint density at radius 1 is 0.760 bits per heavy atom. The first-order chi connectivity index (χ1) is 12.2. The second-order valence-corrected chi connectivity index (χ2v) is 6.44. The lowest BCUT2D eigenvalue weighted by molar-refractivity contribution is -0.140. The Labute approximate surface area is 155 Å². The summed E-state index contributed by atoms with van der Waals surface area (Å²) in [6.45, 7) is 2.25. The number of allylic oxidation sites excluding steroid dienone is 2. The van der Waals surface area contributed by atoms with Gasteiger partial charge in [-0.2, -0.15) is 0 Å². The van der Waals surface area contributed by atoms with Crippen LogP contribution in [0.1, 0.15) is 103 Å². The summed E-state index contributed by atoms with van der Waals surface area (Å²) >= 11 is 0. The highest BCUT2D eigenvalue weighted by Gasteiger charge is 2.06. The van der Waals surface area contributed by atoms with Gasteiger partial charge in [-0.3, -0.25) is 9.59 Å². The zero-order chi connectivity index (χ0) is 19.2. The van der Waals surface area contributed by atoms with Crippen molar-refractivity contribution in [1.82, 2.24) is 0 Å². The molecule has 4 nitrogen and oxygen atoms in total. The lowest BCUT2D eigenvalue weighted by Crippen LogP contribution is -2.05. The molecule has 0 bridgehead atoms. The molecule has 0 saturated heterocycles. The van der Waals surface area contributed by atoms with Crippen molar-refractivity contribution >= 4 is 11.8 Å². The van der Waals surface area contributed by atoms with Crippen LogP contribution in [0.5, 0.6) is 0 Å². The molecule has 25 heavy (non-hydrogen) atoms. The van der Waals surface area contributed by atoms with Gasteiger partial charge in [-0.1, -0.05) is 70.4 Å². The number of aliphatic carboxylic acids is 1. The first-order valence-corrected chi connectivity index (χ1v) is 10.1. The SMILES string of the molecule is CCCCCCCC/C=C\CCCCCCCC(=O)CC(=O)O.CN. The summed E-state index contributed by atoms with van der Waals surface area (Å²) in [5, 5.41) is 8.48.